The number of aliphatic hydroxyl groups excluding tert-OH is 2. The fraction of sp³-hybridized carbons (Fsp3) is 0.517. The van der Waals surface area contributed by atoms with Crippen LogP contribution in [0.1, 0.15) is 81.4 Å². The van der Waals surface area contributed by atoms with Crippen LogP contribution in [-0.4, -0.2) is 225 Å². The van der Waals surface area contributed by atoms with Gasteiger partial charge in [0.15, 0.2) is 17.9 Å². The maximum Gasteiger partial charge on any atom is 0.326 e. The number of guanidine groups is 3. The predicted molar refractivity (Wildman–Crippen MR) is 343 cm³/mol. The van der Waals surface area contributed by atoms with Gasteiger partial charge in [0, 0.05) is 65.1 Å². The average Bonchev–Trinajstić information content (AvgIpc) is 1.64. The molecule has 93 heavy (non-hydrogen) atoms. The third-order valence-electron chi connectivity index (χ3n) is 16.3. The number of carbonyl (C=O) groups excluding carboxylic acids is 9. The number of amides is 9. The number of hydrogen-bond donors (Lipinski definition) is 15. The van der Waals surface area contributed by atoms with Crippen LogP contribution in [0.3, 0.4) is 0 Å². The third kappa shape index (κ3) is 20.5. The number of β-amino-alcohol motifs (C(OH)–C–C–N with tert-alkyl or cyclic N) is 1. The van der Waals surface area contributed by atoms with Crippen molar-refractivity contribution in [2.75, 3.05) is 59.0 Å². The summed E-state index contributed by atoms with van der Waals surface area (Å²) in [7, 11) is 0. The van der Waals surface area contributed by atoms with Gasteiger partial charge in [0.05, 0.1) is 25.3 Å². The minimum Gasteiger partial charge on any atom is -0.480 e. The number of carboxylic acid groups (broad SMARTS) is 1. The van der Waals surface area contributed by atoms with Gasteiger partial charge in [-0.1, -0.05) is 60.7 Å². The maximum atomic E-state index is 15.1. The first kappa shape index (κ1) is 72.6. The van der Waals surface area contributed by atoms with Gasteiger partial charge in [0.1, 0.15) is 47.8 Å². The van der Waals surface area contributed by atoms with Crippen molar-refractivity contribution < 1.29 is 63.3 Å². The molecule has 9 amide bonds. The van der Waals surface area contributed by atoms with Crippen molar-refractivity contribution in [2.24, 2.45) is 55.1 Å². The van der Waals surface area contributed by atoms with E-state index in [0.717, 1.165) is 4.90 Å². The largest absolute Gasteiger partial charge is 0.480 e. The number of carbonyl (C=O) groups is 10. The molecule has 506 valence electrons. The number of nitrogens with two attached hydrogens (primary N) is 7. The van der Waals surface area contributed by atoms with Crippen LogP contribution in [0.2, 0.25) is 0 Å². The highest BCUT2D eigenvalue weighted by atomic mass is 32.1. The van der Waals surface area contributed by atoms with Crippen molar-refractivity contribution in [1.82, 2.24) is 46.2 Å². The Hall–Kier alpha value is -9.47. The van der Waals surface area contributed by atoms with Crippen LogP contribution in [0.15, 0.2) is 92.5 Å². The molecule has 3 aliphatic heterocycles. The Labute approximate surface area is 541 Å². The van der Waals surface area contributed by atoms with E-state index in [1.807, 2.05) is 0 Å². The molecule has 4 heterocycles. The van der Waals surface area contributed by atoms with E-state index in [2.05, 4.69) is 41.6 Å². The molecule has 0 unspecified atom stereocenters. The summed E-state index contributed by atoms with van der Waals surface area (Å²) in [6.07, 6.45) is 0.0415. The van der Waals surface area contributed by atoms with Gasteiger partial charge in [-0.25, -0.2) is 4.79 Å². The predicted octanol–water partition coefficient (Wildman–Crippen LogP) is -4.94. The van der Waals surface area contributed by atoms with E-state index >= 15 is 4.79 Å². The lowest BCUT2D eigenvalue weighted by Crippen LogP contribution is -2.67. The summed E-state index contributed by atoms with van der Waals surface area (Å²) in [4.78, 5) is 158. The van der Waals surface area contributed by atoms with E-state index in [0.29, 0.717) is 24.0 Å². The van der Waals surface area contributed by atoms with Crippen molar-refractivity contribution in [1.29, 1.82) is 0 Å². The lowest BCUT2D eigenvalue weighted by atomic mass is 9.92. The molecular formula is C60H87N19O13S. The Kier molecular flexibility index (Phi) is 27.2. The number of piperazine rings is 1. The zero-order chi connectivity index (χ0) is 67.9. The molecule has 0 saturated carbocycles. The van der Waals surface area contributed by atoms with E-state index < -0.39 is 132 Å². The number of likely N-dealkylation sites (tertiary alicyclic amines) is 2. The molecule has 22 N–H and O–H groups in total. The second-order valence-electron chi connectivity index (χ2n) is 23.1. The molecule has 10 atom stereocenters. The number of aliphatic hydroxyl groups is 2. The van der Waals surface area contributed by atoms with Crippen molar-refractivity contribution in [2.45, 2.75) is 138 Å². The molecule has 2 aromatic carbocycles. The van der Waals surface area contributed by atoms with Crippen LogP contribution in [0.4, 0.5) is 0 Å². The number of rotatable bonds is 33. The Morgan fingerprint density at radius 3 is 1.86 bits per heavy atom. The number of thiophene rings is 1. The van der Waals surface area contributed by atoms with Gasteiger partial charge in [-0.3, -0.25) is 58.1 Å². The van der Waals surface area contributed by atoms with E-state index in [4.69, 9.17) is 40.1 Å². The molecule has 0 spiro atoms. The Morgan fingerprint density at radius 2 is 1.28 bits per heavy atom. The molecular weight excluding hydrogens is 1230 g/mol. The molecule has 0 radical (unpaired) electrons. The van der Waals surface area contributed by atoms with Gasteiger partial charge >= 0.3 is 5.97 Å². The van der Waals surface area contributed by atoms with E-state index in [-0.39, 0.29) is 127 Å². The van der Waals surface area contributed by atoms with E-state index in [9.17, 15) is 58.5 Å². The van der Waals surface area contributed by atoms with Crippen LogP contribution in [-0.2, 0) is 66.3 Å². The molecule has 0 aliphatic carbocycles. The molecule has 3 fully saturated rings. The number of hydrogen-bond acceptors (Lipinski definition) is 17. The van der Waals surface area contributed by atoms with E-state index in [1.54, 1.807) is 71.4 Å². The summed E-state index contributed by atoms with van der Waals surface area (Å²) in [6.45, 7) is -0.593. The van der Waals surface area contributed by atoms with Crippen molar-refractivity contribution >= 4 is 88.3 Å². The van der Waals surface area contributed by atoms with Gasteiger partial charge in [-0.15, -0.1) is 0 Å². The average molecular weight is 1310 g/mol. The standard InChI is InChI=1S/C60H87N19O13S/c1-60(37-20-27-93-34-37,75-47(82)31-71-49(84)45-30-38(81)32-79(45)53(88)43-19-11-24-76(43)51(86)40(17-9-22-69-58(64)65)72-48(83)39(61)16-8-21-68-57(62)63)56(92)74-42(33-80)52(87)78-26-25-77(54(89)46(78)29-36-14-6-3-7-15-36)44(28-35-12-4-2-5-13-35)50(85)73-41(55(90)91)18-10-23-70-59(66)67/h2-7,12-15,20,27,34,38-46,80-81H,8-11,16-19,21-26,28-33,61H2,1H3,(H,71,84)(H,72,83)(H,73,85)(H,74,92)(H,75,82)(H,90,91)(H4,62,63,68)(H4,64,65,69)(H4,66,67,70)/t38-,39-,40+,41+,42+,43+,44+,45+,46+,60+/m1/s1. The van der Waals surface area contributed by atoms with Gasteiger partial charge in [0.25, 0.3) is 5.91 Å². The topological polar surface area (TPSA) is 524 Å². The summed E-state index contributed by atoms with van der Waals surface area (Å²) >= 11 is 1.17. The maximum absolute atomic E-state index is 15.1. The quantitative estimate of drug-likeness (QED) is 0.0154. The Bertz CT molecular complexity index is 3170. The normalized spacial score (nSPS) is 19.3. The number of benzene rings is 2. The lowest BCUT2D eigenvalue weighted by Gasteiger charge is -2.44. The number of aliphatic carboxylic acids is 1. The van der Waals surface area contributed by atoms with Gasteiger partial charge in [-0.2, -0.15) is 11.3 Å². The first-order valence-electron chi connectivity index (χ1n) is 30.6. The monoisotopic (exact) mass is 1310 g/mol. The molecule has 6 rings (SSSR count). The molecule has 3 saturated heterocycles. The van der Waals surface area contributed by atoms with Crippen LogP contribution in [0, 0.1) is 0 Å². The van der Waals surface area contributed by atoms with Crippen molar-refractivity contribution in [3.05, 3.63) is 94.2 Å². The summed E-state index contributed by atoms with van der Waals surface area (Å²) in [5.41, 5.74) is 38.3. The van der Waals surface area contributed by atoms with Crippen LogP contribution in [0.25, 0.3) is 0 Å². The van der Waals surface area contributed by atoms with Crippen molar-refractivity contribution in [3.63, 3.8) is 0 Å². The summed E-state index contributed by atoms with van der Waals surface area (Å²) in [5.74, 6) is -8.79. The smallest absolute Gasteiger partial charge is 0.326 e. The molecule has 32 nitrogen and oxygen atoms in total. The molecule has 0 bridgehead atoms. The highest BCUT2D eigenvalue weighted by Gasteiger charge is 2.48. The second kappa shape index (κ2) is 34.8. The summed E-state index contributed by atoms with van der Waals surface area (Å²) in [5, 5.41) is 48.1. The molecule has 3 aromatic rings. The van der Waals surface area contributed by atoms with Gasteiger partial charge < -0.3 is 102 Å². The summed E-state index contributed by atoms with van der Waals surface area (Å²) < 4.78 is 0. The summed E-state index contributed by atoms with van der Waals surface area (Å²) in [6, 6.07) is 8.64. The van der Waals surface area contributed by atoms with Crippen molar-refractivity contribution in [3.8, 4) is 0 Å². The highest BCUT2D eigenvalue weighted by molar-refractivity contribution is 7.08. The van der Waals surface area contributed by atoms with Gasteiger partial charge in [-0.05, 0) is 91.8 Å². The van der Waals surface area contributed by atoms with Crippen LogP contribution >= 0.6 is 11.3 Å². The zero-order valence-corrected chi connectivity index (χ0v) is 52.7. The zero-order valence-electron chi connectivity index (χ0n) is 51.8. The Balaban J connectivity index is 1.15. The number of nitrogens with zero attached hydrogens (tertiary/aromatic N) is 7. The first-order valence-corrected chi connectivity index (χ1v) is 31.5. The SMILES string of the molecule is C[C@@](NC(=O)CNC(=O)[C@@H]1C[C@@H](O)CN1C(=O)[C@@H]1CCCN1C(=O)[C@H](CCCN=C(N)N)NC(=O)[C@H](N)CCCN=C(N)N)(C(=O)N[C@@H](CO)C(=O)N1CCN([C@@H](Cc2ccccc2)C(=O)N[C@@H](CCCN=C(N)N)C(=O)O)C(=O)[C@@H]1Cc1ccccc1)c1ccsc1. The molecule has 3 aliphatic rings. The number of aliphatic imine (C=N–C) groups is 3. The second-order valence-corrected chi connectivity index (χ2v) is 23.9. The van der Waals surface area contributed by atoms with Crippen LogP contribution < -0.4 is 66.7 Å². The minimum atomic E-state index is -1.99. The first-order chi connectivity index (χ1) is 44.3. The lowest BCUT2D eigenvalue weighted by molar-refractivity contribution is -0.158. The molecule has 33 heteroatoms. The number of carboxylic acids is 1. The minimum absolute atomic E-state index is 0.0409. The number of nitrogens with one attached hydrogen (secondary N) is 5. The van der Waals surface area contributed by atoms with Crippen LogP contribution in [0.5, 0.6) is 0 Å². The highest BCUT2D eigenvalue weighted by Crippen LogP contribution is 2.29. The molecule has 1 aromatic heterocycles. The van der Waals surface area contributed by atoms with Gasteiger partial charge in [0.2, 0.25) is 47.3 Å². The Morgan fingerprint density at radius 1 is 0.699 bits per heavy atom. The van der Waals surface area contributed by atoms with E-state index in [1.165, 1.54) is 39.0 Å². The third-order valence-corrected chi connectivity index (χ3v) is 17.0. The fourth-order valence-electron chi connectivity index (χ4n) is 11.4. The fourth-order valence-corrected chi connectivity index (χ4v) is 12.2.